The van der Waals surface area contributed by atoms with E-state index in [0.29, 0.717) is 22.1 Å². The molecule has 0 amide bonds. The van der Waals surface area contributed by atoms with E-state index >= 15 is 0 Å². The molecule has 2 aromatic carbocycles. The molecular weight excluding hydrogens is 437 g/mol. The Hall–Kier alpha value is -3.79. The standard InChI is InChI=1S/C22H18FN3O5S/c1-31-22-24-11-16(12-25-22)14-3-2-4-18(9-14)32(29,30)26-13-15(5-8-21(27)28)19-10-17(23)6-7-20(19)26/h2-4,6-7,9-13H,5,8H2,1H3,(H,27,28). The maximum absolute atomic E-state index is 13.8. The molecule has 4 rings (SSSR count). The van der Waals surface area contributed by atoms with Crippen molar-refractivity contribution in [2.45, 2.75) is 17.7 Å². The van der Waals surface area contributed by atoms with Gasteiger partial charge in [-0.05, 0) is 47.9 Å². The predicted octanol–water partition coefficient (Wildman–Crippen LogP) is 3.50. The molecule has 0 saturated heterocycles. The second kappa shape index (κ2) is 8.39. The summed E-state index contributed by atoms with van der Waals surface area (Å²) in [5.74, 6) is -1.56. The maximum Gasteiger partial charge on any atom is 0.316 e. The van der Waals surface area contributed by atoms with Gasteiger partial charge in [0.25, 0.3) is 10.0 Å². The van der Waals surface area contributed by atoms with Crippen LogP contribution in [0.4, 0.5) is 4.39 Å². The van der Waals surface area contributed by atoms with Crippen molar-refractivity contribution in [3.8, 4) is 17.1 Å². The van der Waals surface area contributed by atoms with Crippen molar-refractivity contribution in [2.24, 2.45) is 0 Å². The van der Waals surface area contributed by atoms with E-state index in [1.54, 1.807) is 12.1 Å². The summed E-state index contributed by atoms with van der Waals surface area (Å²) in [6.07, 6.45) is 4.26. The van der Waals surface area contributed by atoms with Gasteiger partial charge in [0.1, 0.15) is 5.82 Å². The Morgan fingerprint density at radius 2 is 1.88 bits per heavy atom. The third-order valence-corrected chi connectivity index (χ3v) is 6.63. The number of carbonyl (C=O) groups is 1. The van der Waals surface area contributed by atoms with E-state index in [9.17, 15) is 17.6 Å². The van der Waals surface area contributed by atoms with Crippen molar-refractivity contribution >= 4 is 26.9 Å². The SMILES string of the molecule is COc1ncc(-c2cccc(S(=O)(=O)n3cc(CCC(=O)O)c4cc(F)ccc43)c2)cn1. The highest BCUT2D eigenvalue weighted by atomic mass is 32.2. The summed E-state index contributed by atoms with van der Waals surface area (Å²) in [7, 11) is -2.61. The lowest BCUT2D eigenvalue weighted by molar-refractivity contribution is -0.136. The van der Waals surface area contributed by atoms with E-state index in [1.807, 2.05) is 0 Å². The topological polar surface area (TPSA) is 111 Å². The molecule has 2 aromatic heterocycles. The van der Waals surface area contributed by atoms with Crippen LogP contribution in [-0.2, 0) is 21.2 Å². The number of carboxylic acids is 1. The first-order chi connectivity index (χ1) is 15.3. The predicted molar refractivity (Wildman–Crippen MR) is 114 cm³/mol. The molecule has 0 spiro atoms. The molecular formula is C22H18FN3O5S. The van der Waals surface area contributed by atoms with Crippen molar-refractivity contribution in [3.63, 3.8) is 0 Å². The average Bonchev–Trinajstić information content (AvgIpc) is 3.16. The van der Waals surface area contributed by atoms with Crippen molar-refractivity contribution in [3.05, 3.63) is 72.4 Å². The van der Waals surface area contributed by atoms with Crippen LogP contribution in [0.2, 0.25) is 0 Å². The molecule has 8 nitrogen and oxygen atoms in total. The van der Waals surface area contributed by atoms with Crippen LogP contribution in [0, 0.1) is 5.82 Å². The first kappa shape index (κ1) is 21.4. The number of nitrogens with zero attached hydrogens (tertiary/aromatic N) is 3. The van der Waals surface area contributed by atoms with Gasteiger partial charge in [-0.25, -0.2) is 26.7 Å². The zero-order valence-corrected chi connectivity index (χ0v) is 17.7. The van der Waals surface area contributed by atoms with Gasteiger partial charge in [-0.1, -0.05) is 12.1 Å². The Kier molecular flexibility index (Phi) is 5.62. The van der Waals surface area contributed by atoms with E-state index in [2.05, 4.69) is 9.97 Å². The Balaban J connectivity index is 1.80. The molecule has 4 aromatic rings. The van der Waals surface area contributed by atoms with Crippen molar-refractivity contribution < 1.29 is 27.4 Å². The van der Waals surface area contributed by atoms with Gasteiger partial charge in [-0.2, -0.15) is 0 Å². The highest BCUT2D eigenvalue weighted by molar-refractivity contribution is 7.90. The van der Waals surface area contributed by atoms with Crippen LogP contribution in [0.3, 0.4) is 0 Å². The van der Waals surface area contributed by atoms with Gasteiger partial charge in [0.05, 0.1) is 17.5 Å². The minimum atomic E-state index is -4.06. The number of rotatable bonds is 7. The first-order valence-corrected chi connectivity index (χ1v) is 11.0. The van der Waals surface area contributed by atoms with Crippen molar-refractivity contribution in [1.29, 1.82) is 0 Å². The molecule has 0 aliphatic carbocycles. The smallest absolute Gasteiger partial charge is 0.316 e. The summed E-state index contributed by atoms with van der Waals surface area (Å²) in [4.78, 5) is 19.1. The monoisotopic (exact) mass is 455 g/mol. The molecule has 164 valence electrons. The second-order valence-electron chi connectivity index (χ2n) is 7.00. The van der Waals surface area contributed by atoms with E-state index in [-0.39, 0.29) is 29.3 Å². The van der Waals surface area contributed by atoms with Crippen molar-refractivity contribution in [1.82, 2.24) is 13.9 Å². The number of carboxylic acid groups (broad SMARTS) is 1. The zero-order chi connectivity index (χ0) is 22.9. The van der Waals surface area contributed by atoms with Gasteiger partial charge >= 0.3 is 12.0 Å². The molecule has 0 saturated carbocycles. The van der Waals surface area contributed by atoms with Gasteiger partial charge in [0.2, 0.25) is 0 Å². The molecule has 1 N–H and O–H groups in total. The van der Waals surface area contributed by atoms with Crippen LogP contribution >= 0.6 is 0 Å². The van der Waals surface area contributed by atoms with Crippen LogP contribution in [0.25, 0.3) is 22.0 Å². The molecule has 0 atom stereocenters. The van der Waals surface area contributed by atoms with E-state index in [1.165, 1.54) is 56.0 Å². The van der Waals surface area contributed by atoms with E-state index in [4.69, 9.17) is 9.84 Å². The molecule has 0 unspecified atom stereocenters. The van der Waals surface area contributed by atoms with Crippen LogP contribution in [0.1, 0.15) is 12.0 Å². The quantitative estimate of drug-likeness (QED) is 0.454. The largest absolute Gasteiger partial charge is 0.481 e. The lowest BCUT2D eigenvalue weighted by Crippen LogP contribution is -2.12. The van der Waals surface area contributed by atoms with Crippen molar-refractivity contribution in [2.75, 3.05) is 7.11 Å². The van der Waals surface area contributed by atoms with Gasteiger partial charge in [0.15, 0.2) is 0 Å². The highest BCUT2D eigenvalue weighted by Gasteiger charge is 2.22. The number of fused-ring (bicyclic) bond motifs is 1. The van der Waals surface area contributed by atoms with Crippen LogP contribution in [-0.4, -0.2) is 40.5 Å². The number of benzene rings is 2. The fraction of sp³-hybridized carbons (Fsp3) is 0.136. The summed E-state index contributed by atoms with van der Waals surface area (Å²) in [6.45, 7) is 0. The third-order valence-electron chi connectivity index (χ3n) is 4.96. The Labute approximate surface area is 183 Å². The summed E-state index contributed by atoms with van der Waals surface area (Å²) in [5, 5.41) is 9.36. The summed E-state index contributed by atoms with van der Waals surface area (Å²) in [5.41, 5.74) is 1.89. The number of methoxy groups -OCH3 is 1. The molecule has 0 bridgehead atoms. The fourth-order valence-electron chi connectivity index (χ4n) is 3.40. The van der Waals surface area contributed by atoms with Gasteiger partial charge < -0.3 is 9.84 Å². The fourth-order valence-corrected chi connectivity index (χ4v) is 4.84. The molecule has 0 radical (unpaired) electrons. The zero-order valence-electron chi connectivity index (χ0n) is 16.9. The maximum atomic E-state index is 13.8. The van der Waals surface area contributed by atoms with E-state index in [0.717, 1.165) is 3.97 Å². The molecule has 2 heterocycles. The number of hydrogen-bond donors (Lipinski definition) is 1. The molecule has 32 heavy (non-hydrogen) atoms. The highest BCUT2D eigenvalue weighted by Crippen LogP contribution is 2.29. The minimum absolute atomic E-state index is 0.0110. The average molecular weight is 455 g/mol. The van der Waals surface area contributed by atoms with Gasteiger partial charge in [0, 0.05) is 36.0 Å². The Morgan fingerprint density at radius 3 is 2.56 bits per heavy atom. The lowest BCUT2D eigenvalue weighted by atomic mass is 10.1. The first-order valence-electron chi connectivity index (χ1n) is 9.53. The van der Waals surface area contributed by atoms with E-state index < -0.39 is 21.8 Å². The molecule has 0 fully saturated rings. The van der Waals surface area contributed by atoms with Crippen LogP contribution in [0.15, 0.2) is 66.0 Å². The number of aryl methyl sites for hydroxylation is 1. The normalized spacial score (nSPS) is 11.6. The number of ether oxygens (including phenoxy) is 1. The van der Waals surface area contributed by atoms with Crippen LogP contribution < -0.4 is 4.74 Å². The second-order valence-corrected chi connectivity index (χ2v) is 8.81. The molecule has 0 aliphatic heterocycles. The van der Waals surface area contributed by atoms with Crippen LogP contribution in [0.5, 0.6) is 6.01 Å². The summed E-state index contributed by atoms with van der Waals surface area (Å²) in [6, 6.07) is 10.2. The minimum Gasteiger partial charge on any atom is -0.481 e. The number of halogens is 1. The van der Waals surface area contributed by atoms with Gasteiger partial charge in [-0.15, -0.1) is 0 Å². The number of aliphatic carboxylic acids is 1. The summed E-state index contributed by atoms with van der Waals surface area (Å²) < 4.78 is 46.8. The number of hydrogen-bond acceptors (Lipinski definition) is 6. The Morgan fingerprint density at radius 1 is 1.12 bits per heavy atom. The third kappa shape index (κ3) is 4.04. The molecule has 0 aliphatic rings. The number of aromatic nitrogens is 3. The molecule has 10 heteroatoms. The van der Waals surface area contributed by atoms with Gasteiger partial charge in [-0.3, -0.25) is 4.79 Å². The Bertz CT molecular complexity index is 1420. The summed E-state index contributed by atoms with van der Waals surface area (Å²) >= 11 is 0. The lowest BCUT2D eigenvalue weighted by Gasteiger charge is -2.09.